The Morgan fingerprint density at radius 2 is 2.04 bits per heavy atom. The molecular formula is C18H21FN4O3. The molecule has 2 N–H and O–H groups in total. The van der Waals surface area contributed by atoms with E-state index in [1.54, 1.807) is 32.9 Å². The summed E-state index contributed by atoms with van der Waals surface area (Å²) < 4.78 is 19.1. The summed E-state index contributed by atoms with van der Waals surface area (Å²) in [6, 6.07) is 5.91. The van der Waals surface area contributed by atoms with Gasteiger partial charge in [0.2, 0.25) is 0 Å². The van der Waals surface area contributed by atoms with Crippen LogP contribution in [0.2, 0.25) is 0 Å². The van der Waals surface area contributed by atoms with Gasteiger partial charge in [-0.1, -0.05) is 12.1 Å². The van der Waals surface area contributed by atoms with Crippen molar-refractivity contribution in [3.8, 4) is 0 Å². The molecule has 7 nitrogen and oxygen atoms in total. The molecule has 1 aromatic heterocycles. The molecule has 1 aromatic carbocycles. The molecule has 0 aliphatic carbocycles. The van der Waals surface area contributed by atoms with Gasteiger partial charge in [0.1, 0.15) is 11.4 Å². The van der Waals surface area contributed by atoms with Gasteiger partial charge in [0.05, 0.1) is 12.2 Å². The molecule has 0 spiro atoms. The second kappa shape index (κ2) is 6.78. The predicted molar refractivity (Wildman–Crippen MR) is 93.3 cm³/mol. The van der Waals surface area contributed by atoms with Gasteiger partial charge in [0, 0.05) is 24.2 Å². The van der Waals surface area contributed by atoms with Crippen LogP contribution in [0, 0.1) is 5.82 Å². The number of H-pyrrole nitrogens is 1. The van der Waals surface area contributed by atoms with Gasteiger partial charge in [-0.2, -0.15) is 5.10 Å². The fraction of sp³-hybridized carbons (Fsp3) is 0.389. The van der Waals surface area contributed by atoms with Gasteiger partial charge in [0.25, 0.3) is 5.91 Å². The Morgan fingerprint density at radius 3 is 2.73 bits per heavy atom. The number of hydrogen-bond acceptors (Lipinski definition) is 4. The number of amides is 2. The number of halogens is 1. The first-order valence-corrected chi connectivity index (χ1v) is 8.34. The van der Waals surface area contributed by atoms with Crippen LogP contribution < -0.4 is 5.32 Å². The molecule has 8 heteroatoms. The van der Waals surface area contributed by atoms with Crippen LogP contribution in [0.5, 0.6) is 0 Å². The number of rotatable bonds is 2. The maximum absolute atomic E-state index is 13.7. The van der Waals surface area contributed by atoms with E-state index < -0.39 is 23.4 Å². The lowest BCUT2D eigenvalue weighted by molar-refractivity contribution is 0.0222. The molecule has 3 rings (SSSR count). The van der Waals surface area contributed by atoms with Gasteiger partial charge in [0.15, 0.2) is 5.69 Å². The standard InChI is InChI=1S/C18H21FN4O3/c1-18(2,3)26-17(25)23-9-8-13-11(10-23)15(22-21-13)16(24)20-14-7-5-4-6-12(14)19/h4-7H,8-10H2,1-3H3,(H,20,24)(H,21,22). The molecule has 0 unspecified atom stereocenters. The first-order chi connectivity index (χ1) is 12.2. The van der Waals surface area contributed by atoms with Crippen molar-refractivity contribution < 1.29 is 18.7 Å². The molecule has 0 radical (unpaired) electrons. The number of anilines is 1. The van der Waals surface area contributed by atoms with Crippen molar-refractivity contribution in [1.82, 2.24) is 15.1 Å². The molecular weight excluding hydrogens is 339 g/mol. The highest BCUT2D eigenvalue weighted by atomic mass is 19.1. The van der Waals surface area contributed by atoms with Gasteiger partial charge in [-0.25, -0.2) is 9.18 Å². The zero-order valence-electron chi connectivity index (χ0n) is 14.9. The third-order valence-electron chi connectivity index (χ3n) is 3.92. The summed E-state index contributed by atoms with van der Waals surface area (Å²) in [5.41, 5.74) is 1.05. The van der Waals surface area contributed by atoms with E-state index in [4.69, 9.17) is 4.74 Å². The third-order valence-corrected chi connectivity index (χ3v) is 3.92. The molecule has 0 bridgehead atoms. The van der Waals surface area contributed by atoms with Crippen molar-refractivity contribution in [2.75, 3.05) is 11.9 Å². The summed E-state index contributed by atoms with van der Waals surface area (Å²) in [5, 5.41) is 9.40. The first kappa shape index (κ1) is 17.9. The number of carbonyl (C=O) groups excluding carboxylic acids is 2. The molecule has 2 aromatic rings. The van der Waals surface area contributed by atoms with E-state index in [1.807, 2.05) is 0 Å². The average Bonchev–Trinajstić information content (AvgIpc) is 2.98. The second-order valence-electron chi connectivity index (χ2n) is 7.12. The summed E-state index contributed by atoms with van der Waals surface area (Å²) in [7, 11) is 0. The van der Waals surface area contributed by atoms with Crippen molar-refractivity contribution in [1.29, 1.82) is 0 Å². The van der Waals surface area contributed by atoms with Crippen LogP contribution in [0.4, 0.5) is 14.9 Å². The van der Waals surface area contributed by atoms with Gasteiger partial charge < -0.3 is 15.0 Å². The van der Waals surface area contributed by atoms with Gasteiger partial charge in [-0.05, 0) is 32.9 Å². The van der Waals surface area contributed by atoms with Gasteiger partial charge >= 0.3 is 6.09 Å². The van der Waals surface area contributed by atoms with Crippen LogP contribution in [0.3, 0.4) is 0 Å². The SMILES string of the molecule is CC(C)(C)OC(=O)N1CCc2[nH]nc(C(=O)Nc3ccccc3F)c2C1. The maximum atomic E-state index is 13.7. The monoisotopic (exact) mass is 360 g/mol. The van der Waals surface area contributed by atoms with Crippen LogP contribution in [-0.4, -0.2) is 39.2 Å². The third kappa shape index (κ3) is 3.84. The highest BCUT2D eigenvalue weighted by Crippen LogP contribution is 2.23. The topological polar surface area (TPSA) is 87.3 Å². The van der Waals surface area contributed by atoms with Crippen molar-refractivity contribution in [3.05, 3.63) is 47.0 Å². The Hall–Kier alpha value is -2.90. The molecule has 1 aliphatic heterocycles. The second-order valence-corrected chi connectivity index (χ2v) is 7.12. The summed E-state index contributed by atoms with van der Waals surface area (Å²) in [6.45, 7) is 6.07. The van der Waals surface area contributed by atoms with Crippen molar-refractivity contribution in [3.63, 3.8) is 0 Å². The molecule has 1 aliphatic rings. The predicted octanol–water partition coefficient (Wildman–Crippen LogP) is 3.09. The molecule has 138 valence electrons. The number of carbonyl (C=O) groups is 2. The number of hydrogen-bond donors (Lipinski definition) is 2. The molecule has 0 atom stereocenters. The van der Waals surface area contributed by atoms with Gasteiger partial charge in [-0.15, -0.1) is 0 Å². The van der Waals surface area contributed by atoms with E-state index in [2.05, 4.69) is 15.5 Å². The van der Waals surface area contributed by atoms with Gasteiger partial charge in [-0.3, -0.25) is 9.89 Å². The van der Waals surface area contributed by atoms with Crippen LogP contribution in [0.15, 0.2) is 24.3 Å². The van der Waals surface area contributed by atoms with Crippen LogP contribution in [0.1, 0.15) is 42.5 Å². The Bertz CT molecular complexity index is 841. The van der Waals surface area contributed by atoms with E-state index >= 15 is 0 Å². The summed E-state index contributed by atoms with van der Waals surface area (Å²) >= 11 is 0. The number of aromatic nitrogens is 2. The Kier molecular flexibility index (Phi) is 4.67. The number of nitrogens with one attached hydrogen (secondary N) is 2. The summed E-state index contributed by atoms with van der Waals surface area (Å²) in [6.07, 6.45) is 0.0963. The van der Waals surface area contributed by atoms with Crippen molar-refractivity contribution in [2.45, 2.75) is 39.3 Å². The minimum absolute atomic E-state index is 0.0778. The lowest BCUT2D eigenvalue weighted by Gasteiger charge is -2.30. The van der Waals surface area contributed by atoms with Crippen molar-refractivity contribution >= 4 is 17.7 Å². The molecule has 2 heterocycles. The largest absolute Gasteiger partial charge is 0.444 e. The van der Waals surface area contributed by atoms with E-state index in [1.165, 1.54) is 17.0 Å². The first-order valence-electron chi connectivity index (χ1n) is 8.34. The number of ether oxygens (including phenoxy) is 1. The smallest absolute Gasteiger partial charge is 0.410 e. The fourth-order valence-corrected chi connectivity index (χ4v) is 2.71. The number of aromatic amines is 1. The van der Waals surface area contributed by atoms with Crippen molar-refractivity contribution in [2.24, 2.45) is 0 Å². The average molecular weight is 360 g/mol. The highest BCUT2D eigenvalue weighted by molar-refractivity contribution is 6.04. The minimum atomic E-state index is -0.598. The minimum Gasteiger partial charge on any atom is -0.444 e. The van der Waals surface area contributed by atoms with E-state index in [0.29, 0.717) is 18.5 Å². The van der Waals surface area contributed by atoms with E-state index in [9.17, 15) is 14.0 Å². The van der Waals surface area contributed by atoms with Crippen LogP contribution >= 0.6 is 0 Å². The number of nitrogens with zero attached hydrogens (tertiary/aromatic N) is 2. The Labute approximate surface area is 150 Å². The highest BCUT2D eigenvalue weighted by Gasteiger charge is 2.30. The molecule has 0 saturated carbocycles. The number of benzene rings is 1. The number of fused-ring (bicyclic) bond motifs is 1. The molecule has 26 heavy (non-hydrogen) atoms. The van der Waals surface area contributed by atoms with Crippen LogP contribution in [0.25, 0.3) is 0 Å². The summed E-state index contributed by atoms with van der Waals surface area (Å²) in [5.74, 6) is -1.06. The summed E-state index contributed by atoms with van der Waals surface area (Å²) in [4.78, 5) is 26.3. The fourth-order valence-electron chi connectivity index (χ4n) is 2.71. The molecule has 0 saturated heterocycles. The van der Waals surface area contributed by atoms with Crippen LogP contribution in [-0.2, 0) is 17.7 Å². The Morgan fingerprint density at radius 1 is 1.31 bits per heavy atom. The zero-order chi connectivity index (χ0) is 18.9. The lowest BCUT2D eigenvalue weighted by atomic mass is 10.1. The zero-order valence-corrected chi connectivity index (χ0v) is 14.9. The van der Waals surface area contributed by atoms with E-state index in [0.717, 1.165) is 5.69 Å². The quantitative estimate of drug-likeness (QED) is 0.861. The maximum Gasteiger partial charge on any atom is 0.410 e. The van der Waals surface area contributed by atoms with E-state index in [-0.39, 0.29) is 17.9 Å². The molecule has 0 fully saturated rings. The molecule has 2 amide bonds. The number of para-hydroxylation sites is 1. The lowest BCUT2D eigenvalue weighted by Crippen LogP contribution is -2.40. The normalized spacial score (nSPS) is 13.9. The Balaban J connectivity index is 1.77.